The number of carbonyl (C=O) groups is 2. The molecule has 0 saturated heterocycles. The topological polar surface area (TPSA) is 66.8 Å². The van der Waals surface area contributed by atoms with Crippen LogP contribution in [0.25, 0.3) is 0 Å². The SMILES string of the molecule is COc1cccc(CC(CS)C(=O)N([C@@H](C)C(=O)O)C2(c3ccccc3)C=CC=CC2)c1. The maximum atomic E-state index is 14.0. The Balaban J connectivity index is 2.05. The molecule has 0 heterocycles. The molecule has 0 bridgehead atoms. The summed E-state index contributed by atoms with van der Waals surface area (Å²) in [5, 5.41) is 9.93. The van der Waals surface area contributed by atoms with Crippen molar-refractivity contribution in [2.45, 2.75) is 31.3 Å². The fraction of sp³-hybridized carbons (Fsp3) is 0.308. The Morgan fingerprint density at radius 2 is 1.91 bits per heavy atom. The summed E-state index contributed by atoms with van der Waals surface area (Å²) in [4.78, 5) is 27.7. The highest BCUT2D eigenvalue weighted by Crippen LogP contribution is 2.39. The summed E-state index contributed by atoms with van der Waals surface area (Å²) in [6.45, 7) is 1.57. The average Bonchev–Trinajstić information content (AvgIpc) is 2.83. The molecule has 0 radical (unpaired) electrons. The van der Waals surface area contributed by atoms with Crippen LogP contribution < -0.4 is 4.74 Å². The van der Waals surface area contributed by atoms with E-state index in [0.29, 0.717) is 24.3 Å². The summed E-state index contributed by atoms with van der Waals surface area (Å²) in [5.74, 6) is -0.766. The third-order valence-electron chi connectivity index (χ3n) is 5.92. The standard InChI is InChI=1S/C26H29NO4S/c1-19(25(29)30)27(26(14-7-4-8-15-26)22-11-5-3-6-12-22)24(28)21(18-32)16-20-10-9-13-23(17-20)31-2/h3-14,17,19,21,32H,15-16,18H2,1-2H3,(H,29,30)/t19-,21?,26?/m0/s1. The smallest absolute Gasteiger partial charge is 0.326 e. The maximum absolute atomic E-state index is 14.0. The number of thiol groups is 1. The Bertz CT molecular complexity index is 1000. The second-order valence-electron chi connectivity index (χ2n) is 7.94. The zero-order valence-electron chi connectivity index (χ0n) is 18.3. The Kier molecular flexibility index (Phi) is 7.80. The highest BCUT2D eigenvalue weighted by Gasteiger charge is 2.45. The van der Waals surface area contributed by atoms with Crippen LogP contribution in [0.15, 0.2) is 78.9 Å². The summed E-state index contributed by atoms with van der Waals surface area (Å²) in [6.07, 6.45) is 8.63. The third-order valence-corrected chi connectivity index (χ3v) is 6.36. The molecule has 3 rings (SSSR count). The van der Waals surface area contributed by atoms with E-state index < -0.39 is 23.5 Å². The molecule has 0 aromatic heterocycles. The predicted octanol–water partition coefficient (Wildman–Crippen LogP) is 4.50. The van der Waals surface area contributed by atoms with Crippen molar-refractivity contribution in [3.05, 3.63) is 90.0 Å². The van der Waals surface area contributed by atoms with Crippen molar-refractivity contribution in [3.8, 4) is 5.75 Å². The molecule has 6 heteroatoms. The lowest BCUT2D eigenvalue weighted by Crippen LogP contribution is -2.57. The lowest BCUT2D eigenvalue weighted by molar-refractivity contribution is -0.156. The minimum atomic E-state index is -1.05. The van der Waals surface area contributed by atoms with Crippen LogP contribution in [0.4, 0.5) is 0 Å². The quantitative estimate of drug-likeness (QED) is 0.551. The van der Waals surface area contributed by atoms with Gasteiger partial charge in [-0.25, -0.2) is 4.79 Å². The molecule has 1 aliphatic rings. The van der Waals surface area contributed by atoms with Gasteiger partial charge in [0.1, 0.15) is 11.8 Å². The van der Waals surface area contributed by atoms with E-state index in [9.17, 15) is 14.7 Å². The summed E-state index contributed by atoms with van der Waals surface area (Å²) in [5.41, 5.74) is 0.925. The Morgan fingerprint density at radius 3 is 2.50 bits per heavy atom. The lowest BCUT2D eigenvalue weighted by Gasteiger charge is -2.46. The molecule has 1 N–H and O–H groups in total. The van der Waals surface area contributed by atoms with Crippen molar-refractivity contribution >= 4 is 24.5 Å². The molecular weight excluding hydrogens is 422 g/mol. The Hall–Kier alpha value is -2.99. The van der Waals surface area contributed by atoms with E-state index in [4.69, 9.17) is 4.74 Å². The zero-order chi connectivity index (χ0) is 23.1. The molecular formula is C26H29NO4S. The molecule has 1 amide bonds. The van der Waals surface area contributed by atoms with Gasteiger partial charge < -0.3 is 14.7 Å². The largest absolute Gasteiger partial charge is 0.497 e. The number of nitrogens with zero attached hydrogens (tertiary/aromatic N) is 1. The van der Waals surface area contributed by atoms with Crippen molar-refractivity contribution in [2.75, 3.05) is 12.9 Å². The number of rotatable bonds is 9. The molecule has 2 aromatic rings. The number of hydrogen-bond donors (Lipinski definition) is 2. The van der Waals surface area contributed by atoms with Gasteiger partial charge in [0, 0.05) is 5.75 Å². The molecule has 2 aromatic carbocycles. The van der Waals surface area contributed by atoms with Gasteiger partial charge in [0.15, 0.2) is 0 Å². The zero-order valence-corrected chi connectivity index (χ0v) is 19.2. The van der Waals surface area contributed by atoms with Crippen LogP contribution in [0, 0.1) is 5.92 Å². The summed E-state index contributed by atoms with van der Waals surface area (Å²) >= 11 is 4.47. The van der Waals surface area contributed by atoms with Crippen molar-refractivity contribution in [2.24, 2.45) is 5.92 Å². The van der Waals surface area contributed by atoms with Crippen LogP contribution in [0.2, 0.25) is 0 Å². The number of carboxylic acids is 1. The van der Waals surface area contributed by atoms with E-state index in [2.05, 4.69) is 12.6 Å². The van der Waals surface area contributed by atoms with E-state index in [-0.39, 0.29) is 5.91 Å². The van der Waals surface area contributed by atoms with E-state index in [1.165, 1.54) is 4.90 Å². The van der Waals surface area contributed by atoms with E-state index in [1.54, 1.807) is 14.0 Å². The fourth-order valence-electron chi connectivity index (χ4n) is 4.22. The van der Waals surface area contributed by atoms with Gasteiger partial charge in [0.25, 0.3) is 0 Å². The summed E-state index contributed by atoms with van der Waals surface area (Å²) in [6, 6.07) is 16.1. The first kappa shape index (κ1) is 23.7. The molecule has 0 spiro atoms. The summed E-state index contributed by atoms with van der Waals surface area (Å²) < 4.78 is 5.31. The first-order chi connectivity index (χ1) is 15.4. The molecule has 168 valence electrons. The van der Waals surface area contributed by atoms with Crippen molar-refractivity contribution < 1.29 is 19.4 Å². The number of methoxy groups -OCH3 is 1. The number of allylic oxidation sites excluding steroid dienone is 2. The van der Waals surface area contributed by atoms with Crippen LogP contribution in [0.5, 0.6) is 5.75 Å². The highest BCUT2D eigenvalue weighted by atomic mass is 32.1. The van der Waals surface area contributed by atoms with Gasteiger partial charge in [0.2, 0.25) is 5.91 Å². The number of carbonyl (C=O) groups excluding carboxylic acids is 1. The number of carboxylic acid groups (broad SMARTS) is 1. The predicted molar refractivity (Wildman–Crippen MR) is 129 cm³/mol. The van der Waals surface area contributed by atoms with Crippen LogP contribution in [-0.4, -0.2) is 40.8 Å². The molecule has 0 saturated carbocycles. The third kappa shape index (κ3) is 4.91. The first-order valence-corrected chi connectivity index (χ1v) is 11.3. The average molecular weight is 452 g/mol. The van der Waals surface area contributed by atoms with Crippen LogP contribution >= 0.6 is 12.6 Å². The van der Waals surface area contributed by atoms with Gasteiger partial charge in [-0.1, -0.05) is 66.8 Å². The van der Waals surface area contributed by atoms with Gasteiger partial charge in [-0.2, -0.15) is 12.6 Å². The number of aliphatic carboxylic acids is 1. The minimum absolute atomic E-state index is 0.235. The van der Waals surface area contributed by atoms with E-state index >= 15 is 0 Å². The molecule has 0 fully saturated rings. The minimum Gasteiger partial charge on any atom is -0.497 e. The van der Waals surface area contributed by atoms with Crippen LogP contribution in [0.3, 0.4) is 0 Å². The second-order valence-corrected chi connectivity index (χ2v) is 8.30. The van der Waals surface area contributed by atoms with Gasteiger partial charge in [-0.05, 0) is 43.0 Å². The lowest BCUT2D eigenvalue weighted by atomic mass is 9.80. The molecule has 5 nitrogen and oxygen atoms in total. The molecule has 2 unspecified atom stereocenters. The molecule has 32 heavy (non-hydrogen) atoms. The molecule has 3 atom stereocenters. The van der Waals surface area contributed by atoms with E-state index in [1.807, 2.05) is 78.9 Å². The second kappa shape index (κ2) is 10.6. The van der Waals surface area contributed by atoms with Crippen molar-refractivity contribution in [1.29, 1.82) is 0 Å². The fourth-order valence-corrected chi connectivity index (χ4v) is 4.51. The first-order valence-electron chi connectivity index (χ1n) is 10.6. The van der Waals surface area contributed by atoms with Crippen LogP contribution in [0.1, 0.15) is 24.5 Å². The molecule has 1 aliphatic carbocycles. The van der Waals surface area contributed by atoms with Crippen molar-refractivity contribution in [3.63, 3.8) is 0 Å². The number of hydrogen-bond acceptors (Lipinski definition) is 4. The Labute approximate surface area is 194 Å². The maximum Gasteiger partial charge on any atom is 0.326 e. The Morgan fingerprint density at radius 1 is 1.16 bits per heavy atom. The van der Waals surface area contributed by atoms with Gasteiger partial charge in [-0.3, -0.25) is 4.79 Å². The molecule has 0 aliphatic heterocycles. The van der Waals surface area contributed by atoms with Crippen molar-refractivity contribution in [1.82, 2.24) is 4.90 Å². The monoisotopic (exact) mass is 451 g/mol. The normalized spacial score (nSPS) is 19.2. The van der Waals surface area contributed by atoms with Gasteiger partial charge in [0.05, 0.1) is 18.6 Å². The number of benzene rings is 2. The summed E-state index contributed by atoms with van der Waals surface area (Å²) in [7, 11) is 1.60. The van der Waals surface area contributed by atoms with E-state index in [0.717, 1.165) is 11.1 Å². The van der Waals surface area contributed by atoms with Crippen LogP contribution in [-0.2, 0) is 21.5 Å². The highest BCUT2D eigenvalue weighted by molar-refractivity contribution is 7.80. The number of ether oxygens (including phenoxy) is 1. The number of amides is 1. The van der Waals surface area contributed by atoms with Gasteiger partial charge >= 0.3 is 5.97 Å². The van der Waals surface area contributed by atoms with Gasteiger partial charge in [-0.15, -0.1) is 0 Å².